The first kappa shape index (κ1) is 26.6. The van der Waals surface area contributed by atoms with Crippen molar-refractivity contribution >= 4 is 17.7 Å². The molecule has 1 N–H and O–H groups in total. The topological polar surface area (TPSA) is 71.5 Å². The molecule has 1 saturated heterocycles. The Bertz CT molecular complexity index is 896. The van der Waals surface area contributed by atoms with Crippen LogP contribution >= 0.6 is 0 Å². The number of rotatable bonds is 5. The number of nitrogens with zero attached hydrogens (tertiary/aromatic N) is 2. The minimum absolute atomic E-state index is 0.127. The van der Waals surface area contributed by atoms with E-state index in [1.807, 2.05) is 39.8 Å². The molecule has 3 rings (SSSR count). The van der Waals surface area contributed by atoms with Crippen LogP contribution in [0, 0.1) is 5.82 Å². The second-order valence-electron chi connectivity index (χ2n) is 6.49. The molecule has 1 aromatic heterocycles. The molecule has 2 amide bonds. The number of halogens is 1. The van der Waals surface area contributed by atoms with E-state index in [1.54, 1.807) is 48.5 Å². The van der Waals surface area contributed by atoms with Crippen LogP contribution in [0.15, 0.2) is 72.5 Å². The summed E-state index contributed by atoms with van der Waals surface area (Å²) in [6.45, 7) is 8.28. The molecule has 1 aliphatic heterocycles. The zero-order chi connectivity index (χ0) is 23.9. The summed E-state index contributed by atoms with van der Waals surface area (Å²) in [5, 5.41) is 2.48. The number of aromatic nitrogens is 1. The van der Waals surface area contributed by atoms with Crippen molar-refractivity contribution in [1.29, 1.82) is 0 Å². The van der Waals surface area contributed by atoms with Crippen LogP contribution in [-0.4, -0.2) is 36.7 Å². The van der Waals surface area contributed by atoms with Crippen LogP contribution in [-0.2, 0) is 4.74 Å². The van der Waals surface area contributed by atoms with Crippen molar-refractivity contribution in [1.82, 2.24) is 10.3 Å². The lowest BCUT2D eigenvalue weighted by molar-refractivity contribution is 0.0958. The SMILES string of the molecule is C/C=C\C/C=C(\C)C1COC(=O)N1c1ccc(F)cc1.CC.CNC(=O)c1ccccn1. The molecule has 7 heteroatoms. The van der Waals surface area contributed by atoms with E-state index < -0.39 is 0 Å². The maximum absolute atomic E-state index is 13.0. The number of pyridine rings is 1. The molecule has 1 aliphatic rings. The molecule has 1 fully saturated rings. The fraction of sp³-hybridized carbons (Fsp3) is 0.320. The van der Waals surface area contributed by atoms with Gasteiger partial charge < -0.3 is 10.1 Å². The van der Waals surface area contributed by atoms with Gasteiger partial charge in [0.05, 0.1) is 6.04 Å². The monoisotopic (exact) mass is 441 g/mol. The summed E-state index contributed by atoms with van der Waals surface area (Å²) in [7, 11) is 1.58. The van der Waals surface area contributed by atoms with Crippen molar-refractivity contribution < 1.29 is 18.7 Å². The zero-order valence-electron chi connectivity index (χ0n) is 19.3. The lowest BCUT2D eigenvalue weighted by Crippen LogP contribution is -2.34. The van der Waals surface area contributed by atoms with E-state index in [-0.39, 0.29) is 23.9 Å². The number of hydrogen-bond acceptors (Lipinski definition) is 4. The summed E-state index contributed by atoms with van der Waals surface area (Å²) in [4.78, 5) is 28.1. The van der Waals surface area contributed by atoms with Crippen molar-refractivity contribution in [2.75, 3.05) is 18.6 Å². The molecule has 0 bridgehead atoms. The molecule has 32 heavy (non-hydrogen) atoms. The zero-order valence-corrected chi connectivity index (χ0v) is 19.3. The second kappa shape index (κ2) is 14.5. The fourth-order valence-electron chi connectivity index (χ4n) is 2.79. The average molecular weight is 442 g/mol. The minimum Gasteiger partial charge on any atom is -0.447 e. The molecule has 0 radical (unpaired) electrons. The first-order chi connectivity index (χ1) is 15.5. The van der Waals surface area contributed by atoms with Crippen molar-refractivity contribution in [2.24, 2.45) is 0 Å². The fourth-order valence-corrected chi connectivity index (χ4v) is 2.79. The predicted octanol–water partition coefficient (Wildman–Crippen LogP) is 5.53. The number of benzene rings is 1. The molecule has 0 aliphatic carbocycles. The van der Waals surface area contributed by atoms with Crippen LogP contribution in [0.2, 0.25) is 0 Å². The first-order valence-electron chi connectivity index (χ1n) is 10.6. The number of anilines is 1. The van der Waals surface area contributed by atoms with Crippen molar-refractivity contribution in [3.63, 3.8) is 0 Å². The van der Waals surface area contributed by atoms with Gasteiger partial charge in [0, 0.05) is 18.9 Å². The van der Waals surface area contributed by atoms with Gasteiger partial charge in [-0.25, -0.2) is 9.18 Å². The normalized spacial score (nSPS) is 15.3. The molecule has 172 valence electrons. The van der Waals surface area contributed by atoms with E-state index in [2.05, 4.69) is 16.4 Å². The van der Waals surface area contributed by atoms with Crippen molar-refractivity contribution in [3.8, 4) is 0 Å². The third-order valence-electron chi connectivity index (χ3n) is 4.44. The standard InChI is InChI=1S/C16H18FNO2.C7H8N2O.C2H6/c1-3-4-5-6-12(2)15-11-20-16(19)18(15)14-9-7-13(17)8-10-14;1-8-7(10)6-4-2-3-5-9-6;1-2/h3-4,6-10,15H,5,11H2,1-2H3;2-5H,1H3,(H,8,10);1-2H3/b4-3-,12-6+;;. The van der Waals surface area contributed by atoms with Crippen LogP contribution in [0.1, 0.15) is 44.6 Å². The smallest absolute Gasteiger partial charge is 0.415 e. The lowest BCUT2D eigenvalue weighted by Gasteiger charge is -2.22. The number of allylic oxidation sites excluding steroid dienone is 3. The quantitative estimate of drug-likeness (QED) is 0.619. The first-order valence-corrected chi connectivity index (χ1v) is 10.6. The van der Waals surface area contributed by atoms with Crippen LogP contribution < -0.4 is 10.2 Å². The third kappa shape index (κ3) is 7.98. The molecular formula is C25H32FN3O3. The Morgan fingerprint density at radius 2 is 1.94 bits per heavy atom. The van der Waals surface area contributed by atoms with Gasteiger partial charge >= 0.3 is 6.09 Å². The van der Waals surface area contributed by atoms with E-state index >= 15 is 0 Å². The van der Waals surface area contributed by atoms with Crippen LogP contribution in [0.5, 0.6) is 0 Å². The Balaban J connectivity index is 0.000000358. The Kier molecular flexibility index (Phi) is 12.0. The summed E-state index contributed by atoms with van der Waals surface area (Å²) in [6.07, 6.45) is 8.12. The molecule has 2 heterocycles. The number of carbonyl (C=O) groups is 2. The van der Waals surface area contributed by atoms with Crippen molar-refractivity contribution in [3.05, 3.63) is 84.0 Å². The number of nitrogens with one attached hydrogen (secondary N) is 1. The van der Waals surface area contributed by atoms with Gasteiger partial charge in [0.1, 0.15) is 18.1 Å². The summed E-state index contributed by atoms with van der Waals surface area (Å²) in [6, 6.07) is 11.0. The number of amides is 2. The van der Waals surface area contributed by atoms with Gasteiger partial charge in [0.2, 0.25) is 0 Å². The van der Waals surface area contributed by atoms with Gasteiger partial charge in [-0.1, -0.05) is 43.7 Å². The van der Waals surface area contributed by atoms with Gasteiger partial charge in [-0.15, -0.1) is 0 Å². The number of ether oxygens (including phenoxy) is 1. The lowest BCUT2D eigenvalue weighted by atomic mass is 10.1. The van der Waals surface area contributed by atoms with E-state index in [4.69, 9.17) is 4.74 Å². The molecule has 0 spiro atoms. The van der Waals surface area contributed by atoms with Gasteiger partial charge in [-0.05, 0) is 56.7 Å². The maximum Gasteiger partial charge on any atom is 0.415 e. The molecule has 1 aromatic carbocycles. The van der Waals surface area contributed by atoms with Gasteiger partial charge in [0.15, 0.2) is 0 Å². The number of cyclic esters (lactones) is 1. The van der Waals surface area contributed by atoms with E-state index in [9.17, 15) is 14.0 Å². The van der Waals surface area contributed by atoms with E-state index in [1.165, 1.54) is 12.1 Å². The molecule has 1 atom stereocenters. The summed E-state index contributed by atoms with van der Waals surface area (Å²) >= 11 is 0. The van der Waals surface area contributed by atoms with E-state index in [0.29, 0.717) is 18.0 Å². The van der Waals surface area contributed by atoms with Gasteiger partial charge in [0.25, 0.3) is 5.91 Å². The number of hydrogen-bond donors (Lipinski definition) is 1. The Labute approximate surface area is 189 Å². The van der Waals surface area contributed by atoms with Crippen LogP contribution in [0.3, 0.4) is 0 Å². The minimum atomic E-state index is -0.389. The summed E-state index contributed by atoms with van der Waals surface area (Å²) in [5.41, 5.74) is 2.17. The highest BCUT2D eigenvalue weighted by molar-refractivity contribution is 5.92. The highest BCUT2D eigenvalue weighted by atomic mass is 19.1. The summed E-state index contributed by atoms with van der Waals surface area (Å²) in [5.74, 6) is -0.473. The molecule has 1 unspecified atom stereocenters. The highest BCUT2D eigenvalue weighted by Gasteiger charge is 2.35. The van der Waals surface area contributed by atoms with Gasteiger partial charge in [-0.2, -0.15) is 0 Å². The van der Waals surface area contributed by atoms with Gasteiger partial charge in [-0.3, -0.25) is 14.7 Å². The Hall–Kier alpha value is -3.48. The molecule has 0 saturated carbocycles. The van der Waals surface area contributed by atoms with Crippen LogP contribution in [0.25, 0.3) is 0 Å². The predicted molar refractivity (Wildman–Crippen MR) is 126 cm³/mol. The maximum atomic E-state index is 13.0. The van der Waals surface area contributed by atoms with Crippen LogP contribution in [0.4, 0.5) is 14.9 Å². The average Bonchev–Trinajstić information content (AvgIpc) is 3.23. The highest BCUT2D eigenvalue weighted by Crippen LogP contribution is 2.27. The largest absolute Gasteiger partial charge is 0.447 e. The molecular weight excluding hydrogens is 409 g/mol. The molecule has 2 aromatic rings. The van der Waals surface area contributed by atoms with E-state index in [0.717, 1.165) is 12.0 Å². The third-order valence-corrected chi connectivity index (χ3v) is 4.44. The second-order valence-corrected chi connectivity index (χ2v) is 6.49. The Morgan fingerprint density at radius 3 is 2.50 bits per heavy atom. The Morgan fingerprint density at radius 1 is 1.25 bits per heavy atom. The molecule has 6 nitrogen and oxygen atoms in total. The number of carbonyl (C=O) groups excluding carboxylic acids is 2. The summed E-state index contributed by atoms with van der Waals surface area (Å²) < 4.78 is 18.1. The van der Waals surface area contributed by atoms with Crippen molar-refractivity contribution in [2.45, 2.75) is 40.2 Å².